The van der Waals surface area contributed by atoms with Crippen LogP contribution in [0.3, 0.4) is 0 Å². The largest absolute Gasteiger partial charge is 0.504 e. The number of hydrogen-bond acceptors (Lipinski definition) is 7. The molecule has 0 aromatic heterocycles. The third-order valence-electron chi connectivity index (χ3n) is 11.6. The van der Waals surface area contributed by atoms with E-state index < -0.39 is 11.0 Å². The van der Waals surface area contributed by atoms with Crippen LogP contribution in [0.5, 0.6) is 11.5 Å². The van der Waals surface area contributed by atoms with Gasteiger partial charge in [-0.15, -0.1) is 0 Å². The van der Waals surface area contributed by atoms with Gasteiger partial charge in [0.25, 0.3) is 0 Å². The van der Waals surface area contributed by atoms with Crippen molar-refractivity contribution in [2.45, 2.75) is 85.3 Å². The highest BCUT2D eigenvalue weighted by atomic mass is 32.2. The molecular weight excluding hydrogens is 591 g/mol. The highest BCUT2D eigenvalue weighted by molar-refractivity contribution is 7.99. The van der Waals surface area contributed by atoms with Crippen molar-refractivity contribution < 1.29 is 14.9 Å². The lowest BCUT2D eigenvalue weighted by molar-refractivity contribution is -0.174. The van der Waals surface area contributed by atoms with Gasteiger partial charge in [0.05, 0.1) is 16.7 Å². The van der Waals surface area contributed by atoms with Gasteiger partial charge in [0, 0.05) is 54.1 Å². The van der Waals surface area contributed by atoms with Gasteiger partial charge >= 0.3 is 0 Å². The fourth-order valence-electron chi connectivity index (χ4n) is 9.13. The lowest BCUT2D eigenvalue weighted by atomic mass is 9.48. The summed E-state index contributed by atoms with van der Waals surface area (Å²) in [6.45, 7) is 15.1. The van der Waals surface area contributed by atoms with E-state index >= 15 is 0 Å². The average Bonchev–Trinajstić information content (AvgIpc) is 3.80. The standard InChI is InChI=1S/C21H25NO3.C18H22N2S/c1-12-6-7-21(24)16-10-14-4-5-15(23)18-17(14)20(21,19(12)25-18)8-9-22(16)11-13-2-3-13;1-14-7-8-17(15(2)13-14)21-18-6-4-3-5-16(18)20-11-9-19-10-12-20/h4-5,13,16,19,23-24H,1-3,6-11H2;3-8,13,19H,9-12H2,1-2H3/t16-,19+,20+,21-;/m1./s1. The monoisotopic (exact) mass is 637 g/mol. The number of rotatable bonds is 5. The molecule has 3 aliphatic heterocycles. The number of phenols is 1. The summed E-state index contributed by atoms with van der Waals surface area (Å²) in [5.74, 6) is 1.64. The molecule has 4 atom stereocenters. The van der Waals surface area contributed by atoms with Crippen molar-refractivity contribution in [1.29, 1.82) is 0 Å². The van der Waals surface area contributed by atoms with Crippen LogP contribution in [-0.2, 0) is 11.8 Å². The molecule has 4 fully saturated rings. The number of nitrogens with one attached hydrogen (secondary N) is 1. The van der Waals surface area contributed by atoms with Crippen LogP contribution < -0.4 is 15.0 Å². The molecule has 3 heterocycles. The maximum atomic E-state index is 12.1. The predicted molar refractivity (Wildman–Crippen MR) is 185 cm³/mol. The number of likely N-dealkylation sites (tertiary alicyclic amines) is 1. The molecule has 0 unspecified atom stereocenters. The van der Waals surface area contributed by atoms with Crippen LogP contribution in [0.25, 0.3) is 0 Å². The topological polar surface area (TPSA) is 68.2 Å². The zero-order chi connectivity index (χ0) is 31.6. The number of hydrogen-bond donors (Lipinski definition) is 3. The molecule has 2 saturated heterocycles. The molecule has 2 bridgehead atoms. The molecule has 9 rings (SSSR count). The molecule has 7 heteroatoms. The Morgan fingerprint density at radius 1 is 1.00 bits per heavy atom. The van der Waals surface area contributed by atoms with Crippen LogP contribution in [0, 0.1) is 19.8 Å². The number of para-hydroxylation sites is 1. The van der Waals surface area contributed by atoms with Crippen molar-refractivity contribution in [2.24, 2.45) is 5.92 Å². The zero-order valence-corrected chi connectivity index (χ0v) is 28.0. The fraction of sp³-hybridized carbons (Fsp3) is 0.487. The Balaban J connectivity index is 0.000000138. The number of aryl methyl sites for hydroxylation is 2. The van der Waals surface area contributed by atoms with E-state index in [1.807, 2.05) is 17.8 Å². The van der Waals surface area contributed by atoms with Crippen molar-refractivity contribution in [3.8, 4) is 11.5 Å². The highest BCUT2D eigenvalue weighted by Crippen LogP contribution is 2.66. The van der Waals surface area contributed by atoms with Gasteiger partial charge in [-0.2, -0.15) is 0 Å². The average molecular weight is 638 g/mol. The van der Waals surface area contributed by atoms with Gasteiger partial charge in [-0.3, -0.25) is 4.90 Å². The second-order valence-electron chi connectivity index (χ2n) is 14.5. The molecule has 6 nitrogen and oxygen atoms in total. The van der Waals surface area contributed by atoms with E-state index in [0.717, 1.165) is 82.0 Å². The van der Waals surface area contributed by atoms with Gasteiger partial charge in [-0.05, 0) is 106 Å². The molecule has 0 amide bonds. The van der Waals surface area contributed by atoms with Crippen molar-refractivity contribution in [2.75, 3.05) is 44.2 Å². The normalized spacial score (nSPS) is 29.5. The maximum Gasteiger partial charge on any atom is 0.166 e. The van der Waals surface area contributed by atoms with Gasteiger partial charge < -0.3 is 25.2 Å². The van der Waals surface area contributed by atoms with E-state index in [4.69, 9.17) is 4.74 Å². The van der Waals surface area contributed by atoms with Crippen LogP contribution in [-0.4, -0.2) is 72.1 Å². The Morgan fingerprint density at radius 3 is 2.59 bits per heavy atom. The van der Waals surface area contributed by atoms with Crippen LogP contribution in [0.1, 0.15) is 54.4 Å². The first-order chi connectivity index (χ1) is 22.3. The SMILES string of the molecule is C=C1CC[C@@]2(O)[C@H]3Cc4ccc(O)c5c4[C@@]2(CCN3CC2CC2)[C@H]1O5.Cc1ccc(Sc2ccccc2N2CCNCC2)c(C)c1. The van der Waals surface area contributed by atoms with Crippen molar-refractivity contribution >= 4 is 17.4 Å². The number of aliphatic hydroxyl groups is 1. The first kappa shape index (κ1) is 30.4. The van der Waals surface area contributed by atoms with Crippen molar-refractivity contribution in [1.82, 2.24) is 10.2 Å². The number of ether oxygens (including phenoxy) is 1. The van der Waals surface area contributed by atoms with E-state index in [0.29, 0.717) is 5.75 Å². The molecule has 6 aliphatic rings. The lowest BCUT2D eigenvalue weighted by Gasteiger charge is -2.63. The van der Waals surface area contributed by atoms with E-state index in [1.165, 1.54) is 45.0 Å². The number of benzene rings is 3. The minimum absolute atomic E-state index is 0.157. The third-order valence-corrected chi connectivity index (χ3v) is 12.8. The van der Waals surface area contributed by atoms with Crippen molar-refractivity contribution in [3.63, 3.8) is 0 Å². The summed E-state index contributed by atoms with van der Waals surface area (Å²) in [7, 11) is 0. The number of phenolic OH excluding ortho intramolecular Hbond substituents is 1. The number of nitrogens with zero attached hydrogens (tertiary/aromatic N) is 2. The van der Waals surface area contributed by atoms with Crippen molar-refractivity contribution in [3.05, 3.63) is 89.0 Å². The minimum atomic E-state index is -0.780. The van der Waals surface area contributed by atoms with Gasteiger partial charge in [0.1, 0.15) is 6.10 Å². The third kappa shape index (κ3) is 4.88. The second-order valence-corrected chi connectivity index (χ2v) is 15.6. The van der Waals surface area contributed by atoms with E-state index in [9.17, 15) is 10.2 Å². The van der Waals surface area contributed by atoms with Gasteiger partial charge in [0.2, 0.25) is 0 Å². The van der Waals surface area contributed by atoms with Gasteiger partial charge in [-0.25, -0.2) is 0 Å². The fourth-order valence-corrected chi connectivity index (χ4v) is 10.2. The molecule has 46 heavy (non-hydrogen) atoms. The summed E-state index contributed by atoms with van der Waals surface area (Å²) in [4.78, 5) is 7.75. The summed E-state index contributed by atoms with van der Waals surface area (Å²) < 4.78 is 6.29. The first-order valence-electron chi connectivity index (χ1n) is 17.2. The summed E-state index contributed by atoms with van der Waals surface area (Å²) in [6, 6.07) is 19.4. The Morgan fingerprint density at radius 2 is 1.80 bits per heavy atom. The summed E-state index contributed by atoms with van der Waals surface area (Å²) in [6.07, 6.45) is 5.79. The van der Waals surface area contributed by atoms with Gasteiger partial charge in [0.15, 0.2) is 11.5 Å². The molecular formula is C39H47N3O3S. The minimum Gasteiger partial charge on any atom is -0.504 e. The number of piperidine rings is 1. The molecule has 2 saturated carbocycles. The van der Waals surface area contributed by atoms with E-state index in [-0.39, 0.29) is 17.9 Å². The van der Waals surface area contributed by atoms with Crippen LogP contribution in [0.2, 0.25) is 0 Å². The Kier molecular flexibility index (Phi) is 7.67. The Labute approximate surface area is 277 Å². The highest BCUT2D eigenvalue weighted by Gasteiger charge is 2.71. The molecule has 1 spiro atoms. The molecule has 0 radical (unpaired) electrons. The number of anilines is 1. The molecule has 3 aromatic carbocycles. The number of piperazine rings is 1. The first-order valence-corrected chi connectivity index (χ1v) is 18.1. The quantitative estimate of drug-likeness (QED) is 0.281. The smallest absolute Gasteiger partial charge is 0.166 e. The molecule has 3 aromatic rings. The van der Waals surface area contributed by atoms with E-state index in [2.05, 4.69) is 78.0 Å². The Hall–Kier alpha value is -2.97. The Bertz CT molecular complexity index is 1670. The molecule has 3 aliphatic carbocycles. The molecule has 3 N–H and O–H groups in total. The van der Waals surface area contributed by atoms with Crippen LogP contribution in [0.15, 0.2) is 76.5 Å². The second kappa shape index (κ2) is 11.6. The summed E-state index contributed by atoms with van der Waals surface area (Å²) in [5, 5.41) is 25.9. The predicted octanol–water partition coefficient (Wildman–Crippen LogP) is 6.38. The summed E-state index contributed by atoms with van der Waals surface area (Å²) in [5.41, 5.74) is 6.25. The maximum absolute atomic E-state index is 12.1. The number of aromatic hydroxyl groups is 1. The van der Waals surface area contributed by atoms with E-state index in [1.54, 1.807) is 6.07 Å². The molecule has 242 valence electrons. The zero-order valence-electron chi connectivity index (χ0n) is 27.2. The van der Waals surface area contributed by atoms with Crippen LogP contribution in [0.4, 0.5) is 5.69 Å². The van der Waals surface area contributed by atoms with Gasteiger partial charge in [-0.1, -0.05) is 54.2 Å². The van der Waals surface area contributed by atoms with Crippen LogP contribution >= 0.6 is 11.8 Å². The lowest BCUT2D eigenvalue weighted by Crippen LogP contribution is -2.75. The summed E-state index contributed by atoms with van der Waals surface area (Å²) >= 11 is 1.88.